The van der Waals surface area contributed by atoms with Crippen LogP contribution in [0.3, 0.4) is 0 Å². The number of rotatable bonds is 4. The first-order valence-corrected chi connectivity index (χ1v) is 9.48. The lowest BCUT2D eigenvalue weighted by Crippen LogP contribution is -2.21. The maximum absolute atomic E-state index is 11.5. The summed E-state index contributed by atoms with van der Waals surface area (Å²) in [5.41, 5.74) is 0.520. The molecule has 2 aromatic heterocycles. The maximum atomic E-state index is 11.5. The molecule has 154 valence electrons. The number of hydrogen-bond donors (Lipinski definition) is 1. The average Bonchev–Trinajstić information content (AvgIpc) is 2.74. The molecule has 0 atom stereocenters. The summed E-state index contributed by atoms with van der Waals surface area (Å²) in [5.74, 6) is -1.27. The summed E-state index contributed by atoms with van der Waals surface area (Å²) < 4.78 is 9.98. The van der Waals surface area contributed by atoms with Gasteiger partial charge in [-0.15, -0.1) is 0 Å². The molecule has 0 aliphatic rings. The van der Waals surface area contributed by atoms with Gasteiger partial charge in [-0.05, 0) is 44.2 Å². The van der Waals surface area contributed by atoms with Gasteiger partial charge in [0.2, 0.25) is 0 Å². The second-order valence-electron chi connectivity index (χ2n) is 6.44. The van der Waals surface area contributed by atoms with Crippen molar-refractivity contribution in [1.82, 2.24) is 0 Å². The Balaban J connectivity index is 0.000000196. The van der Waals surface area contributed by atoms with Crippen molar-refractivity contribution in [1.29, 1.82) is 0 Å². The van der Waals surface area contributed by atoms with Gasteiger partial charge in [0.25, 0.3) is 0 Å². The number of para-hydroxylation sites is 1. The van der Waals surface area contributed by atoms with Crippen molar-refractivity contribution >= 4 is 33.6 Å². The minimum Gasteiger partial charge on any atom is -0.477 e. The third-order valence-corrected chi connectivity index (χ3v) is 4.61. The summed E-state index contributed by atoms with van der Waals surface area (Å²) in [6.45, 7) is 5.77. The summed E-state index contributed by atoms with van der Waals surface area (Å²) in [7, 11) is 0. The predicted octanol–water partition coefficient (Wildman–Crippen LogP) is 4.13. The van der Waals surface area contributed by atoms with E-state index >= 15 is 0 Å². The number of anilines is 1. The molecule has 2 heterocycles. The van der Waals surface area contributed by atoms with E-state index in [1.165, 1.54) is 12.1 Å². The molecule has 0 radical (unpaired) electrons. The Morgan fingerprint density at radius 1 is 0.867 bits per heavy atom. The van der Waals surface area contributed by atoms with E-state index in [4.69, 9.17) is 13.9 Å². The number of aromatic carboxylic acids is 1. The highest BCUT2D eigenvalue weighted by atomic mass is 16.4. The van der Waals surface area contributed by atoms with Gasteiger partial charge < -0.3 is 18.8 Å². The Hall–Kier alpha value is -3.87. The van der Waals surface area contributed by atoms with Crippen LogP contribution in [0.25, 0.3) is 21.9 Å². The van der Waals surface area contributed by atoms with Crippen molar-refractivity contribution < 1.29 is 18.7 Å². The van der Waals surface area contributed by atoms with Gasteiger partial charge in [-0.25, -0.2) is 14.4 Å². The fourth-order valence-corrected chi connectivity index (χ4v) is 3.05. The number of benzene rings is 2. The zero-order chi connectivity index (χ0) is 21.7. The zero-order valence-electron chi connectivity index (χ0n) is 16.6. The Labute approximate surface area is 171 Å². The van der Waals surface area contributed by atoms with Crippen LogP contribution in [0.2, 0.25) is 0 Å². The molecule has 0 unspecified atom stereocenters. The van der Waals surface area contributed by atoms with Crippen LogP contribution in [0.5, 0.6) is 0 Å². The van der Waals surface area contributed by atoms with Crippen LogP contribution < -0.4 is 16.2 Å². The summed E-state index contributed by atoms with van der Waals surface area (Å²) in [4.78, 5) is 35.2. The summed E-state index contributed by atoms with van der Waals surface area (Å²) in [6, 6.07) is 17.3. The molecule has 2 aromatic carbocycles. The first kappa shape index (κ1) is 20.9. The third kappa shape index (κ3) is 4.57. The molecule has 30 heavy (non-hydrogen) atoms. The minimum atomic E-state index is -1.27. The Morgan fingerprint density at radius 3 is 2.27 bits per heavy atom. The van der Waals surface area contributed by atoms with Gasteiger partial charge in [0, 0.05) is 41.7 Å². The number of carbonyl (C=O) groups is 1. The van der Waals surface area contributed by atoms with Crippen molar-refractivity contribution in [3.05, 3.63) is 87.1 Å². The largest absolute Gasteiger partial charge is 0.477 e. The number of fused-ring (bicyclic) bond motifs is 2. The molecule has 0 aliphatic heterocycles. The number of hydrogen-bond acceptors (Lipinski definition) is 6. The third-order valence-electron chi connectivity index (χ3n) is 4.61. The van der Waals surface area contributed by atoms with E-state index in [9.17, 15) is 14.4 Å². The standard InChI is InChI=1S/C14H15NO4.C9H6O2/c1-3-15(4-2)10-6-5-9-7-11(13(16)17)14(18)19-12(9)8-10;10-9-6-5-7-3-1-2-4-8(7)11-9/h5-8H,3-4H2,1-2H3,(H,16,17);1-6H. The zero-order valence-corrected chi connectivity index (χ0v) is 16.6. The second-order valence-corrected chi connectivity index (χ2v) is 6.44. The highest BCUT2D eigenvalue weighted by Crippen LogP contribution is 2.21. The van der Waals surface area contributed by atoms with Crippen LogP contribution in [0, 0.1) is 0 Å². The first-order valence-electron chi connectivity index (χ1n) is 9.48. The minimum absolute atomic E-state index is 0.302. The number of carboxylic acid groups (broad SMARTS) is 1. The van der Waals surface area contributed by atoms with Crippen molar-refractivity contribution in [2.75, 3.05) is 18.0 Å². The van der Waals surface area contributed by atoms with Crippen molar-refractivity contribution in [2.24, 2.45) is 0 Å². The van der Waals surface area contributed by atoms with Crippen LogP contribution in [0.4, 0.5) is 5.69 Å². The van der Waals surface area contributed by atoms with Gasteiger partial charge in [-0.2, -0.15) is 0 Å². The van der Waals surface area contributed by atoms with Crippen LogP contribution in [-0.4, -0.2) is 24.2 Å². The molecule has 0 bridgehead atoms. The molecule has 7 nitrogen and oxygen atoms in total. The fraction of sp³-hybridized carbons (Fsp3) is 0.174. The quantitative estimate of drug-likeness (QED) is 0.508. The molecule has 0 fully saturated rings. The predicted molar refractivity (Wildman–Crippen MR) is 115 cm³/mol. The first-order chi connectivity index (χ1) is 14.4. The van der Waals surface area contributed by atoms with Gasteiger partial charge in [0.1, 0.15) is 16.7 Å². The molecule has 7 heteroatoms. The summed E-state index contributed by atoms with van der Waals surface area (Å²) in [5, 5.41) is 10.4. The smallest absolute Gasteiger partial charge is 0.351 e. The van der Waals surface area contributed by atoms with Crippen molar-refractivity contribution in [2.45, 2.75) is 13.8 Å². The molecular weight excluding hydrogens is 386 g/mol. The SMILES string of the molecule is CCN(CC)c1ccc2cc(C(=O)O)c(=O)oc2c1.O=c1ccc2ccccc2o1. The molecule has 1 N–H and O–H groups in total. The Bertz CT molecular complexity index is 1300. The van der Waals surface area contributed by atoms with E-state index in [1.807, 2.05) is 38.1 Å². The Morgan fingerprint density at radius 2 is 1.57 bits per heavy atom. The lowest BCUT2D eigenvalue weighted by Gasteiger charge is -2.20. The molecular formula is C23H21NO6. The molecule has 0 amide bonds. The van der Waals surface area contributed by atoms with Crippen LogP contribution in [-0.2, 0) is 0 Å². The Kier molecular flexibility index (Phi) is 6.32. The molecule has 0 spiro atoms. The van der Waals surface area contributed by atoms with Crippen LogP contribution >= 0.6 is 0 Å². The highest BCUT2D eigenvalue weighted by molar-refractivity contribution is 5.92. The average molecular weight is 407 g/mol. The van der Waals surface area contributed by atoms with Gasteiger partial charge in [0.05, 0.1) is 0 Å². The van der Waals surface area contributed by atoms with E-state index in [-0.39, 0.29) is 11.2 Å². The van der Waals surface area contributed by atoms with Crippen LogP contribution in [0.1, 0.15) is 24.2 Å². The molecule has 4 rings (SSSR count). The van der Waals surface area contributed by atoms with Crippen molar-refractivity contribution in [3.63, 3.8) is 0 Å². The highest BCUT2D eigenvalue weighted by Gasteiger charge is 2.13. The number of nitrogens with zero attached hydrogens (tertiary/aromatic N) is 1. The van der Waals surface area contributed by atoms with Crippen LogP contribution in [0.15, 0.2) is 79.1 Å². The lowest BCUT2D eigenvalue weighted by molar-refractivity contribution is 0.0692. The number of carboxylic acids is 1. The van der Waals surface area contributed by atoms with Gasteiger partial charge in [-0.3, -0.25) is 0 Å². The lowest BCUT2D eigenvalue weighted by atomic mass is 10.1. The van der Waals surface area contributed by atoms with E-state index in [2.05, 4.69) is 4.90 Å². The van der Waals surface area contributed by atoms with Gasteiger partial charge in [-0.1, -0.05) is 18.2 Å². The monoisotopic (exact) mass is 407 g/mol. The topological polar surface area (TPSA) is 101 Å². The normalized spacial score (nSPS) is 10.5. The molecule has 0 aliphatic carbocycles. The van der Waals surface area contributed by atoms with E-state index in [0.29, 0.717) is 16.6 Å². The second kappa shape index (κ2) is 9.09. The maximum Gasteiger partial charge on any atom is 0.351 e. The summed E-state index contributed by atoms with van der Waals surface area (Å²) >= 11 is 0. The molecule has 0 saturated heterocycles. The summed E-state index contributed by atoms with van der Waals surface area (Å²) in [6.07, 6.45) is 0. The van der Waals surface area contributed by atoms with Gasteiger partial charge in [0.15, 0.2) is 0 Å². The van der Waals surface area contributed by atoms with E-state index in [0.717, 1.165) is 24.2 Å². The molecule has 0 saturated carbocycles. The van der Waals surface area contributed by atoms with E-state index < -0.39 is 11.6 Å². The fourth-order valence-electron chi connectivity index (χ4n) is 3.05. The van der Waals surface area contributed by atoms with Crippen molar-refractivity contribution in [3.8, 4) is 0 Å². The van der Waals surface area contributed by atoms with Gasteiger partial charge >= 0.3 is 17.2 Å². The van der Waals surface area contributed by atoms with E-state index in [1.54, 1.807) is 24.3 Å². The molecule has 4 aromatic rings.